The average molecular weight is 332 g/mol. The largest absolute Gasteiger partial charge is 0.493 e. The lowest BCUT2D eigenvalue weighted by Crippen LogP contribution is -2.34. The lowest BCUT2D eigenvalue weighted by Gasteiger charge is -2.18. The topological polar surface area (TPSA) is 58.6 Å². The Balaban J connectivity index is 1.52. The third-order valence-corrected chi connectivity index (χ3v) is 4.15. The molecular weight excluding hydrogens is 314 g/mol. The van der Waals surface area contributed by atoms with E-state index < -0.39 is 6.10 Å². The monoisotopic (exact) mass is 331 g/mol. The van der Waals surface area contributed by atoms with Crippen LogP contribution in [0.5, 0.6) is 5.75 Å². The first-order valence-corrected chi connectivity index (χ1v) is 7.95. The number of hydrogen-bond acceptors (Lipinski definition) is 3. The van der Waals surface area contributed by atoms with Crippen LogP contribution in [0.25, 0.3) is 0 Å². The van der Waals surface area contributed by atoms with Gasteiger partial charge in [0.2, 0.25) is 5.91 Å². The summed E-state index contributed by atoms with van der Waals surface area (Å²) in [4.78, 5) is 12.1. The summed E-state index contributed by atoms with van der Waals surface area (Å²) in [6, 6.07) is 14.5. The highest BCUT2D eigenvalue weighted by Gasteiger charge is 2.31. The molecule has 2 N–H and O–H groups in total. The molecule has 0 saturated carbocycles. The number of aliphatic hydroxyl groups excluding tert-OH is 1. The zero-order valence-electron chi connectivity index (χ0n) is 12.5. The first-order valence-electron chi connectivity index (χ1n) is 7.57. The molecule has 120 valence electrons. The molecular formula is C18H18ClNO3. The van der Waals surface area contributed by atoms with Gasteiger partial charge < -0.3 is 15.2 Å². The van der Waals surface area contributed by atoms with Gasteiger partial charge in [-0.1, -0.05) is 41.9 Å². The van der Waals surface area contributed by atoms with Gasteiger partial charge in [-0.15, -0.1) is 0 Å². The molecule has 0 saturated heterocycles. The van der Waals surface area contributed by atoms with E-state index in [2.05, 4.69) is 5.32 Å². The van der Waals surface area contributed by atoms with Crippen LogP contribution in [-0.2, 0) is 11.2 Å². The van der Waals surface area contributed by atoms with Crippen molar-refractivity contribution in [3.8, 4) is 5.75 Å². The SMILES string of the molecule is O=C(CCOc1cccc(Cl)c1)NC1c2ccccc2CC1O. The minimum absolute atomic E-state index is 0.146. The van der Waals surface area contributed by atoms with Gasteiger partial charge in [-0.25, -0.2) is 0 Å². The quantitative estimate of drug-likeness (QED) is 0.885. The second-order valence-corrected chi connectivity index (χ2v) is 6.01. The maximum atomic E-state index is 12.1. The van der Waals surface area contributed by atoms with E-state index >= 15 is 0 Å². The summed E-state index contributed by atoms with van der Waals surface area (Å²) >= 11 is 5.88. The number of amides is 1. The van der Waals surface area contributed by atoms with Crippen LogP contribution in [0.1, 0.15) is 23.6 Å². The van der Waals surface area contributed by atoms with Crippen LogP contribution in [0.2, 0.25) is 5.02 Å². The molecule has 5 heteroatoms. The standard InChI is InChI=1S/C18H18ClNO3/c19-13-5-3-6-14(11-13)23-9-8-17(22)20-18-15-7-2-1-4-12(15)10-16(18)21/h1-7,11,16,18,21H,8-10H2,(H,20,22). The molecule has 4 nitrogen and oxygen atoms in total. The van der Waals surface area contributed by atoms with Gasteiger partial charge in [0, 0.05) is 11.4 Å². The van der Waals surface area contributed by atoms with Crippen LogP contribution in [0.3, 0.4) is 0 Å². The summed E-state index contributed by atoms with van der Waals surface area (Å²) in [6.07, 6.45) is 0.211. The molecule has 2 aromatic carbocycles. The summed E-state index contributed by atoms with van der Waals surface area (Å²) in [5, 5.41) is 13.6. The van der Waals surface area contributed by atoms with Crippen LogP contribution < -0.4 is 10.1 Å². The van der Waals surface area contributed by atoms with Gasteiger partial charge in [-0.05, 0) is 29.3 Å². The van der Waals surface area contributed by atoms with E-state index in [1.165, 1.54) is 0 Å². The summed E-state index contributed by atoms with van der Waals surface area (Å²) in [7, 11) is 0. The molecule has 0 fully saturated rings. The molecule has 1 aliphatic carbocycles. The van der Waals surface area contributed by atoms with Gasteiger partial charge in [0.1, 0.15) is 5.75 Å². The van der Waals surface area contributed by atoms with Crippen molar-refractivity contribution in [2.75, 3.05) is 6.61 Å². The number of ether oxygens (including phenoxy) is 1. The van der Waals surface area contributed by atoms with Gasteiger partial charge >= 0.3 is 0 Å². The molecule has 2 atom stereocenters. The predicted molar refractivity (Wildman–Crippen MR) is 88.6 cm³/mol. The third kappa shape index (κ3) is 3.84. The van der Waals surface area contributed by atoms with Gasteiger partial charge in [0.15, 0.2) is 0 Å². The third-order valence-electron chi connectivity index (χ3n) is 3.91. The van der Waals surface area contributed by atoms with E-state index in [0.29, 0.717) is 17.2 Å². The fourth-order valence-electron chi connectivity index (χ4n) is 2.81. The van der Waals surface area contributed by atoms with Crippen molar-refractivity contribution < 1.29 is 14.6 Å². The van der Waals surface area contributed by atoms with Crippen molar-refractivity contribution in [2.45, 2.75) is 25.0 Å². The molecule has 0 spiro atoms. The lowest BCUT2D eigenvalue weighted by molar-refractivity contribution is -0.123. The molecule has 0 bridgehead atoms. The van der Waals surface area contributed by atoms with Gasteiger partial charge in [0.25, 0.3) is 0 Å². The van der Waals surface area contributed by atoms with Crippen LogP contribution in [0.4, 0.5) is 0 Å². The van der Waals surface area contributed by atoms with E-state index in [0.717, 1.165) is 11.1 Å². The van der Waals surface area contributed by atoms with Crippen molar-refractivity contribution in [1.29, 1.82) is 0 Å². The zero-order valence-corrected chi connectivity index (χ0v) is 13.3. The van der Waals surface area contributed by atoms with Crippen molar-refractivity contribution >= 4 is 17.5 Å². The summed E-state index contributed by atoms with van der Waals surface area (Å²) in [6.45, 7) is 0.261. The first-order chi connectivity index (χ1) is 11.1. The predicted octanol–water partition coefficient (Wildman–Crippen LogP) is 2.88. The Morgan fingerprint density at radius 2 is 2.09 bits per heavy atom. The summed E-state index contributed by atoms with van der Waals surface area (Å²) < 4.78 is 5.51. The Morgan fingerprint density at radius 1 is 1.26 bits per heavy atom. The summed E-state index contributed by atoms with van der Waals surface area (Å²) in [5.74, 6) is 0.490. The molecule has 1 aliphatic rings. The number of nitrogens with one attached hydrogen (secondary N) is 1. The summed E-state index contributed by atoms with van der Waals surface area (Å²) in [5.41, 5.74) is 2.07. The molecule has 0 aliphatic heterocycles. The highest BCUT2D eigenvalue weighted by atomic mass is 35.5. The Morgan fingerprint density at radius 3 is 2.91 bits per heavy atom. The minimum Gasteiger partial charge on any atom is -0.493 e. The normalized spacial score (nSPS) is 19.2. The molecule has 23 heavy (non-hydrogen) atoms. The van der Waals surface area contributed by atoms with Gasteiger partial charge in [-0.2, -0.15) is 0 Å². The fourth-order valence-corrected chi connectivity index (χ4v) is 2.99. The van der Waals surface area contributed by atoms with E-state index in [1.807, 2.05) is 24.3 Å². The minimum atomic E-state index is -0.579. The van der Waals surface area contributed by atoms with Crippen molar-refractivity contribution in [3.63, 3.8) is 0 Å². The van der Waals surface area contributed by atoms with E-state index in [9.17, 15) is 9.90 Å². The molecule has 0 heterocycles. The number of aliphatic hydroxyl groups is 1. The van der Waals surface area contributed by atoms with Gasteiger partial charge in [0.05, 0.1) is 25.2 Å². The van der Waals surface area contributed by atoms with Crippen molar-refractivity contribution in [3.05, 3.63) is 64.7 Å². The van der Waals surface area contributed by atoms with E-state index in [4.69, 9.17) is 16.3 Å². The average Bonchev–Trinajstić information content (AvgIpc) is 2.83. The number of halogens is 1. The number of benzene rings is 2. The molecule has 0 aromatic heterocycles. The number of hydrogen-bond donors (Lipinski definition) is 2. The van der Waals surface area contributed by atoms with Crippen molar-refractivity contribution in [1.82, 2.24) is 5.32 Å². The Hall–Kier alpha value is -2.04. The molecule has 1 amide bonds. The smallest absolute Gasteiger partial charge is 0.223 e. The number of fused-ring (bicyclic) bond motifs is 1. The second-order valence-electron chi connectivity index (χ2n) is 5.57. The molecule has 3 rings (SSSR count). The van der Waals surface area contributed by atoms with Crippen molar-refractivity contribution in [2.24, 2.45) is 0 Å². The molecule has 2 aromatic rings. The number of carbonyl (C=O) groups is 1. The Labute approximate surface area is 140 Å². The lowest BCUT2D eigenvalue weighted by atomic mass is 10.1. The maximum absolute atomic E-state index is 12.1. The molecule has 2 unspecified atom stereocenters. The maximum Gasteiger partial charge on any atom is 0.223 e. The number of carbonyl (C=O) groups excluding carboxylic acids is 1. The first kappa shape index (κ1) is 15.8. The number of rotatable bonds is 5. The highest BCUT2D eigenvalue weighted by molar-refractivity contribution is 6.30. The highest BCUT2D eigenvalue weighted by Crippen LogP contribution is 2.31. The Bertz CT molecular complexity index is 704. The second kappa shape index (κ2) is 7.02. The Kier molecular flexibility index (Phi) is 4.84. The zero-order chi connectivity index (χ0) is 16.2. The van der Waals surface area contributed by atoms with E-state index in [-0.39, 0.29) is 25.0 Å². The van der Waals surface area contributed by atoms with Crippen LogP contribution >= 0.6 is 11.6 Å². The van der Waals surface area contributed by atoms with E-state index in [1.54, 1.807) is 24.3 Å². The van der Waals surface area contributed by atoms with Crippen LogP contribution in [-0.4, -0.2) is 23.7 Å². The van der Waals surface area contributed by atoms with Crippen LogP contribution in [0, 0.1) is 0 Å². The van der Waals surface area contributed by atoms with Crippen LogP contribution in [0.15, 0.2) is 48.5 Å². The fraction of sp³-hybridized carbons (Fsp3) is 0.278. The van der Waals surface area contributed by atoms with Gasteiger partial charge in [-0.3, -0.25) is 4.79 Å². The molecule has 0 radical (unpaired) electrons.